The Morgan fingerprint density at radius 3 is 2.63 bits per heavy atom. The molecule has 3 aliphatic rings. The van der Waals surface area contributed by atoms with E-state index in [1.807, 2.05) is 4.90 Å². The second-order valence-corrected chi connectivity index (χ2v) is 10.4. The van der Waals surface area contributed by atoms with Gasteiger partial charge in [-0.1, -0.05) is 12.5 Å². The number of aromatic hydroxyl groups is 1. The van der Waals surface area contributed by atoms with E-state index in [1.54, 1.807) is 12.1 Å². The van der Waals surface area contributed by atoms with E-state index in [9.17, 15) is 18.3 Å². The summed E-state index contributed by atoms with van der Waals surface area (Å²) < 4.78 is 28.1. The third kappa shape index (κ3) is 4.84. The van der Waals surface area contributed by atoms with Gasteiger partial charge in [0.25, 0.3) is 0 Å². The monoisotopic (exact) mass is 497 g/mol. The van der Waals surface area contributed by atoms with Crippen LogP contribution in [0.4, 0.5) is 11.5 Å². The molecule has 0 radical (unpaired) electrons. The highest BCUT2D eigenvalue weighted by Crippen LogP contribution is 2.32. The summed E-state index contributed by atoms with van der Waals surface area (Å²) in [6, 6.07) is 6.32. The van der Waals surface area contributed by atoms with Gasteiger partial charge in [-0.15, -0.1) is 0 Å². The number of aromatic amines is 1. The highest BCUT2D eigenvalue weighted by atomic mass is 32.2. The van der Waals surface area contributed by atoms with Gasteiger partial charge in [0.1, 0.15) is 17.8 Å². The molecule has 5 heterocycles. The van der Waals surface area contributed by atoms with Crippen LogP contribution in [0.25, 0.3) is 11.0 Å². The normalized spacial score (nSPS) is 19.3. The highest BCUT2D eigenvalue weighted by molar-refractivity contribution is 7.89. The van der Waals surface area contributed by atoms with Crippen LogP contribution < -0.4 is 9.62 Å². The molecule has 12 heteroatoms. The fourth-order valence-corrected chi connectivity index (χ4v) is 5.56. The number of nitrogens with one attached hydrogen (secondary N) is 2. The fourth-order valence-electron chi connectivity index (χ4n) is 4.45. The first kappa shape index (κ1) is 23.2. The molecule has 35 heavy (non-hydrogen) atoms. The van der Waals surface area contributed by atoms with Crippen LogP contribution in [-0.2, 0) is 14.8 Å². The fraction of sp³-hybridized carbons (Fsp3) is 0.391. The second-order valence-electron chi connectivity index (χ2n) is 8.64. The standard InChI is InChI=1S/C23H27N7O4S/c31-19-7-2-1-3-8-27-35(33,34)17-6-4-5-16(13-17)24-14-18-20-21(28-23(18)32)25-15-26-22(20)30-11-9-29(19)10-12-30/h4-6,13-15,27,32H,1-3,7-12H2,(H,25,26,28). The van der Waals surface area contributed by atoms with Crippen molar-refractivity contribution >= 4 is 44.7 Å². The highest BCUT2D eigenvalue weighted by Gasteiger charge is 2.25. The van der Waals surface area contributed by atoms with Crippen LogP contribution in [0, 0.1) is 0 Å². The summed E-state index contributed by atoms with van der Waals surface area (Å²) >= 11 is 0. The van der Waals surface area contributed by atoms with E-state index in [-0.39, 0.29) is 16.7 Å². The van der Waals surface area contributed by atoms with Gasteiger partial charge in [0.2, 0.25) is 15.9 Å². The molecule has 0 spiro atoms. The van der Waals surface area contributed by atoms with Gasteiger partial charge >= 0.3 is 0 Å². The average molecular weight is 498 g/mol. The maximum atomic E-state index is 12.7. The van der Waals surface area contributed by atoms with E-state index in [0.717, 1.165) is 6.42 Å². The van der Waals surface area contributed by atoms with E-state index in [0.29, 0.717) is 80.1 Å². The van der Waals surface area contributed by atoms with Crippen molar-refractivity contribution in [3.63, 3.8) is 0 Å². The topological polar surface area (TPSA) is 144 Å². The molecular weight excluding hydrogens is 470 g/mol. The molecule has 1 aromatic carbocycles. The Morgan fingerprint density at radius 1 is 1.00 bits per heavy atom. The number of aromatic nitrogens is 3. The number of H-pyrrole nitrogens is 1. The van der Waals surface area contributed by atoms with Crippen molar-refractivity contribution in [2.24, 2.45) is 4.99 Å². The number of benzene rings is 1. The van der Waals surface area contributed by atoms with E-state index in [4.69, 9.17) is 0 Å². The Morgan fingerprint density at radius 2 is 1.80 bits per heavy atom. The average Bonchev–Trinajstić information content (AvgIpc) is 3.19. The van der Waals surface area contributed by atoms with Crippen molar-refractivity contribution < 1.29 is 18.3 Å². The smallest absolute Gasteiger partial charge is 0.240 e. The lowest BCUT2D eigenvalue weighted by molar-refractivity contribution is -0.131. The lowest BCUT2D eigenvalue weighted by atomic mass is 10.1. The predicted molar refractivity (Wildman–Crippen MR) is 132 cm³/mol. The lowest BCUT2D eigenvalue weighted by Crippen LogP contribution is -2.49. The van der Waals surface area contributed by atoms with E-state index >= 15 is 0 Å². The number of rotatable bonds is 0. The zero-order chi connectivity index (χ0) is 24.4. The first-order chi connectivity index (χ1) is 16.9. The minimum Gasteiger partial charge on any atom is -0.494 e. The number of carbonyl (C=O) groups excluding carboxylic acids is 1. The Balaban J connectivity index is 1.55. The lowest BCUT2D eigenvalue weighted by Gasteiger charge is -2.35. The molecule has 1 saturated heterocycles. The van der Waals surface area contributed by atoms with Gasteiger partial charge in [-0.3, -0.25) is 9.79 Å². The van der Waals surface area contributed by atoms with Crippen LogP contribution in [0.5, 0.6) is 5.88 Å². The number of fused-ring (bicyclic) bond motifs is 9. The van der Waals surface area contributed by atoms with Gasteiger partial charge in [-0.25, -0.2) is 23.1 Å². The third-order valence-corrected chi connectivity index (χ3v) is 7.81. The number of sulfonamides is 1. The van der Waals surface area contributed by atoms with Crippen LogP contribution >= 0.6 is 0 Å². The summed E-state index contributed by atoms with van der Waals surface area (Å²) in [5.41, 5.74) is 1.31. The molecule has 184 valence electrons. The molecule has 4 bridgehead atoms. The second kappa shape index (κ2) is 9.62. The molecular formula is C23H27N7O4S. The van der Waals surface area contributed by atoms with Crippen molar-refractivity contribution in [2.75, 3.05) is 37.6 Å². The molecule has 3 aliphatic heterocycles. The van der Waals surface area contributed by atoms with Crippen molar-refractivity contribution in [3.05, 3.63) is 36.2 Å². The van der Waals surface area contributed by atoms with Crippen molar-refractivity contribution in [1.29, 1.82) is 0 Å². The number of hydrogen-bond donors (Lipinski definition) is 3. The quantitative estimate of drug-likeness (QED) is 0.430. The molecule has 3 aromatic rings. The summed E-state index contributed by atoms with van der Waals surface area (Å²) in [6.07, 6.45) is 5.49. The molecule has 0 atom stereocenters. The van der Waals surface area contributed by atoms with E-state index < -0.39 is 10.0 Å². The van der Waals surface area contributed by atoms with E-state index in [2.05, 4.69) is 29.6 Å². The minimum atomic E-state index is -3.70. The summed E-state index contributed by atoms with van der Waals surface area (Å²) in [4.78, 5) is 32.7. The molecule has 6 rings (SSSR count). The maximum Gasteiger partial charge on any atom is 0.240 e. The Kier molecular flexibility index (Phi) is 6.39. The molecule has 0 saturated carbocycles. The molecule has 0 unspecified atom stereocenters. The van der Waals surface area contributed by atoms with Gasteiger partial charge in [-0.05, 0) is 31.0 Å². The number of anilines is 1. The molecule has 11 nitrogen and oxygen atoms in total. The van der Waals surface area contributed by atoms with E-state index in [1.165, 1.54) is 24.7 Å². The summed E-state index contributed by atoms with van der Waals surface area (Å²) in [5.74, 6) is 0.651. The zero-order valence-electron chi connectivity index (χ0n) is 19.1. The van der Waals surface area contributed by atoms with Gasteiger partial charge in [0, 0.05) is 45.4 Å². The summed E-state index contributed by atoms with van der Waals surface area (Å²) in [7, 11) is -3.70. The van der Waals surface area contributed by atoms with Crippen molar-refractivity contribution in [2.45, 2.75) is 30.6 Å². The first-order valence-electron chi connectivity index (χ1n) is 11.6. The number of nitrogens with zero attached hydrogens (tertiary/aromatic N) is 5. The molecule has 0 aliphatic carbocycles. The van der Waals surface area contributed by atoms with Crippen LogP contribution in [-0.4, -0.2) is 78.2 Å². The Hall–Kier alpha value is -3.51. The van der Waals surface area contributed by atoms with Gasteiger partial charge < -0.3 is 19.9 Å². The van der Waals surface area contributed by atoms with Crippen molar-refractivity contribution in [3.8, 4) is 5.88 Å². The molecule has 3 N–H and O–H groups in total. The summed E-state index contributed by atoms with van der Waals surface area (Å²) in [6.45, 7) is 2.69. The molecule has 1 fully saturated rings. The number of piperazine rings is 1. The number of amides is 1. The number of hydrogen-bond acceptors (Lipinski definition) is 8. The largest absolute Gasteiger partial charge is 0.494 e. The third-order valence-electron chi connectivity index (χ3n) is 6.35. The SMILES string of the molecule is O=C1CCCCCNS(=O)(=O)c2cccc(c2)N=Cc2c(O)[nH]c3ncnc(c23)N2CCN1CC2. The molecule has 1 amide bonds. The number of aliphatic imine (C=N–C) groups is 1. The molecule has 2 aromatic heterocycles. The Bertz CT molecular complexity index is 1380. The minimum absolute atomic E-state index is 0.105. The predicted octanol–water partition coefficient (Wildman–Crippen LogP) is 1.91. The van der Waals surface area contributed by atoms with Gasteiger partial charge in [-0.2, -0.15) is 0 Å². The van der Waals surface area contributed by atoms with Crippen LogP contribution in [0.3, 0.4) is 0 Å². The summed E-state index contributed by atoms with van der Waals surface area (Å²) in [5, 5.41) is 11.2. The van der Waals surface area contributed by atoms with Crippen LogP contribution in [0.1, 0.15) is 31.2 Å². The van der Waals surface area contributed by atoms with Crippen molar-refractivity contribution in [1.82, 2.24) is 24.6 Å². The maximum absolute atomic E-state index is 12.7. The number of carbonyl (C=O) groups is 1. The van der Waals surface area contributed by atoms with Crippen LogP contribution in [0.15, 0.2) is 40.5 Å². The van der Waals surface area contributed by atoms with Gasteiger partial charge in [0.15, 0.2) is 5.88 Å². The van der Waals surface area contributed by atoms with Gasteiger partial charge in [0.05, 0.1) is 21.5 Å². The zero-order valence-corrected chi connectivity index (χ0v) is 20.0. The Labute approximate surface area is 203 Å². The van der Waals surface area contributed by atoms with Crippen LogP contribution in [0.2, 0.25) is 0 Å². The first-order valence-corrected chi connectivity index (χ1v) is 13.1.